The molecule has 1 N–H and O–H groups in total. The van der Waals surface area contributed by atoms with Gasteiger partial charge in [-0.2, -0.15) is 11.8 Å². The fourth-order valence-corrected chi connectivity index (χ4v) is 1.33. The van der Waals surface area contributed by atoms with Gasteiger partial charge in [0.05, 0.1) is 0 Å². The van der Waals surface area contributed by atoms with E-state index in [0.29, 0.717) is 11.9 Å². The molecule has 0 aromatic carbocycles. The number of anilines is 1. The third-order valence-electron chi connectivity index (χ3n) is 1.38. The van der Waals surface area contributed by atoms with Crippen LogP contribution in [0.1, 0.15) is 12.3 Å². The first kappa shape index (κ1) is 10.7. The lowest BCUT2D eigenvalue weighted by molar-refractivity contribution is 0.525. The predicted octanol–water partition coefficient (Wildman–Crippen LogP) is 1.97. The van der Waals surface area contributed by atoms with Gasteiger partial charge in [0.2, 0.25) is 5.89 Å². The molecule has 4 nitrogen and oxygen atoms in total. The number of alkyl halides is 1. The largest absolute Gasteiger partial charge is 0.407 e. The molecule has 0 bridgehead atoms. The summed E-state index contributed by atoms with van der Waals surface area (Å²) in [4.78, 5) is 0. The van der Waals surface area contributed by atoms with E-state index in [9.17, 15) is 0 Å². The lowest BCUT2D eigenvalue weighted by atomic mass is 10.5. The summed E-state index contributed by atoms with van der Waals surface area (Å²) in [5.74, 6) is 1.84. The van der Waals surface area contributed by atoms with Crippen LogP contribution < -0.4 is 5.32 Å². The van der Waals surface area contributed by atoms with Gasteiger partial charge in [0.1, 0.15) is 5.88 Å². The van der Waals surface area contributed by atoms with Crippen LogP contribution in [0.15, 0.2) is 4.42 Å². The molecule has 0 saturated carbocycles. The van der Waals surface area contributed by atoms with Crippen molar-refractivity contribution in [2.24, 2.45) is 0 Å². The molecule has 0 aliphatic carbocycles. The van der Waals surface area contributed by atoms with Gasteiger partial charge in [-0.15, -0.1) is 16.7 Å². The van der Waals surface area contributed by atoms with Crippen LogP contribution in [-0.4, -0.2) is 28.8 Å². The summed E-state index contributed by atoms with van der Waals surface area (Å²) in [5.41, 5.74) is 0. The molecule has 13 heavy (non-hydrogen) atoms. The normalized spacial score (nSPS) is 10.3. The summed E-state index contributed by atoms with van der Waals surface area (Å²) in [6, 6.07) is 0.455. The lowest BCUT2D eigenvalue weighted by Crippen LogP contribution is -2.02. The molecule has 1 rings (SSSR count). The number of nitrogens with one attached hydrogen (secondary N) is 1. The van der Waals surface area contributed by atoms with Crippen molar-refractivity contribution in [2.45, 2.75) is 12.3 Å². The Bertz CT molecular complexity index is 243. The number of hydrogen-bond donors (Lipinski definition) is 1. The standard InChI is InChI=1S/C7H12ClN3OS/c1-13-4-2-3-9-7-11-10-6(5-8)12-7/h2-5H2,1H3,(H,9,11). The van der Waals surface area contributed by atoms with Gasteiger partial charge in [-0.3, -0.25) is 0 Å². The predicted molar refractivity (Wildman–Crippen MR) is 55.3 cm³/mol. The van der Waals surface area contributed by atoms with E-state index < -0.39 is 0 Å². The third kappa shape index (κ3) is 3.87. The Morgan fingerprint density at radius 2 is 2.38 bits per heavy atom. The number of rotatable bonds is 6. The second-order valence-electron chi connectivity index (χ2n) is 2.41. The molecule has 1 heterocycles. The van der Waals surface area contributed by atoms with Crippen molar-refractivity contribution < 1.29 is 4.42 Å². The highest BCUT2D eigenvalue weighted by Crippen LogP contribution is 2.07. The van der Waals surface area contributed by atoms with E-state index in [2.05, 4.69) is 21.8 Å². The monoisotopic (exact) mass is 221 g/mol. The van der Waals surface area contributed by atoms with E-state index in [-0.39, 0.29) is 5.88 Å². The van der Waals surface area contributed by atoms with Crippen molar-refractivity contribution in [3.8, 4) is 0 Å². The first-order valence-corrected chi connectivity index (χ1v) is 5.91. The molecule has 1 aromatic heterocycles. The van der Waals surface area contributed by atoms with Crippen molar-refractivity contribution in [3.63, 3.8) is 0 Å². The minimum atomic E-state index is 0.263. The van der Waals surface area contributed by atoms with Gasteiger partial charge in [0.25, 0.3) is 0 Å². The smallest absolute Gasteiger partial charge is 0.315 e. The second kappa shape index (κ2) is 6.10. The first-order valence-electron chi connectivity index (χ1n) is 3.98. The third-order valence-corrected chi connectivity index (χ3v) is 2.31. The molecule has 1 aromatic rings. The maximum Gasteiger partial charge on any atom is 0.315 e. The lowest BCUT2D eigenvalue weighted by Gasteiger charge is -1.98. The SMILES string of the molecule is CSCCCNc1nnc(CCl)o1. The van der Waals surface area contributed by atoms with Crippen molar-refractivity contribution in [2.75, 3.05) is 23.9 Å². The van der Waals surface area contributed by atoms with Gasteiger partial charge < -0.3 is 9.73 Å². The summed E-state index contributed by atoms with van der Waals surface area (Å²) in [6.07, 6.45) is 3.16. The highest BCUT2D eigenvalue weighted by atomic mass is 35.5. The molecule has 0 radical (unpaired) electrons. The Morgan fingerprint density at radius 3 is 3.00 bits per heavy atom. The van der Waals surface area contributed by atoms with E-state index in [1.165, 1.54) is 0 Å². The van der Waals surface area contributed by atoms with Crippen molar-refractivity contribution >= 4 is 29.4 Å². The van der Waals surface area contributed by atoms with Crippen LogP contribution in [0, 0.1) is 0 Å². The van der Waals surface area contributed by atoms with Crippen LogP contribution in [0.5, 0.6) is 0 Å². The number of nitrogens with zero attached hydrogens (tertiary/aromatic N) is 2. The maximum atomic E-state index is 5.50. The molecule has 0 aliphatic rings. The zero-order valence-electron chi connectivity index (χ0n) is 7.42. The Kier molecular flexibility index (Phi) is 5.00. The van der Waals surface area contributed by atoms with E-state index in [4.69, 9.17) is 16.0 Å². The number of aromatic nitrogens is 2. The molecule has 74 valence electrons. The van der Waals surface area contributed by atoms with Gasteiger partial charge in [-0.25, -0.2) is 0 Å². The van der Waals surface area contributed by atoms with Crippen molar-refractivity contribution in [1.82, 2.24) is 10.2 Å². The van der Waals surface area contributed by atoms with Gasteiger partial charge in [-0.1, -0.05) is 5.10 Å². The minimum Gasteiger partial charge on any atom is -0.407 e. The van der Waals surface area contributed by atoms with E-state index in [1.807, 2.05) is 11.8 Å². The Labute approximate surface area is 86.4 Å². The first-order chi connectivity index (χ1) is 6.36. The number of halogens is 1. The highest BCUT2D eigenvalue weighted by molar-refractivity contribution is 7.98. The Morgan fingerprint density at radius 1 is 1.54 bits per heavy atom. The van der Waals surface area contributed by atoms with E-state index >= 15 is 0 Å². The van der Waals surface area contributed by atoms with Crippen LogP contribution in [0.4, 0.5) is 6.01 Å². The zero-order valence-corrected chi connectivity index (χ0v) is 8.99. The highest BCUT2D eigenvalue weighted by Gasteiger charge is 2.02. The van der Waals surface area contributed by atoms with Gasteiger partial charge in [-0.05, 0) is 18.4 Å². The number of hydrogen-bond acceptors (Lipinski definition) is 5. The van der Waals surface area contributed by atoms with Crippen molar-refractivity contribution in [3.05, 3.63) is 5.89 Å². The maximum absolute atomic E-state index is 5.50. The summed E-state index contributed by atoms with van der Waals surface area (Å²) in [6.45, 7) is 0.852. The van der Waals surface area contributed by atoms with Crippen LogP contribution in [0.25, 0.3) is 0 Å². The van der Waals surface area contributed by atoms with Gasteiger partial charge >= 0.3 is 6.01 Å². The second-order valence-corrected chi connectivity index (χ2v) is 3.66. The quantitative estimate of drug-likeness (QED) is 0.588. The molecule has 0 spiro atoms. The van der Waals surface area contributed by atoms with Crippen LogP contribution in [0.3, 0.4) is 0 Å². The average Bonchev–Trinajstić information content (AvgIpc) is 2.60. The fraction of sp³-hybridized carbons (Fsp3) is 0.714. The van der Waals surface area contributed by atoms with Crippen molar-refractivity contribution in [1.29, 1.82) is 0 Å². The Hall–Kier alpha value is -0.420. The molecule has 0 unspecified atom stereocenters. The fourth-order valence-electron chi connectivity index (χ4n) is 0.791. The summed E-state index contributed by atoms with van der Waals surface area (Å²) in [7, 11) is 0. The van der Waals surface area contributed by atoms with E-state index in [0.717, 1.165) is 18.7 Å². The van der Waals surface area contributed by atoms with Gasteiger partial charge in [0.15, 0.2) is 0 Å². The van der Waals surface area contributed by atoms with Gasteiger partial charge in [0, 0.05) is 6.54 Å². The summed E-state index contributed by atoms with van der Waals surface area (Å²) >= 11 is 7.32. The van der Waals surface area contributed by atoms with Crippen LogP contribution in [0.2, 0.25) is 0 Å². The molecule has 6 heteroatoms. The number of thioether (sulfide) groups is 1. The molecule has 0 saturated heterocycles. The summed E-state index contributed by atoms with van der Waals surface area (Å²) in [5, 5.41) is 10.5. The Balaban J connectivity index is 2.20. The topological polar surface area (TPSA) is 51.0 Å². The minimum absolute atomic E-state index is 0.263. The molecule has 0 atom stereocenters. The van der Waals surface area contributed by atoms with Crippen LogP contribution >= 0.6 is 23.4 Å². The molecular formula is C7H12ClN3OS. The van der Waals surface area contributed by atoms with E-state index in [1.54, 1.807) is 0 Å². The molecule has 0 amide bonds. The van der Waals surface area contributed by atoms with Crippen LogP contribution in [-0.2, 0) is 5.88 Å². The zero-order chi connectivity index (χ0) is 9.52. The average molecular weight is 222 g/mol. The molecular weight excluding hydrogens is 210 g/mol. The molecule has 0 aliphatic heterocycles. The summed E-state index contributed by atoms with van der Waals surface area (Å²) < 4.78 is 5.14. The molecule has 0 fully saturated rings.